The topological polar surface area (TPSA) is 92.3 Å². The normalized spacial score (nSPS) is 14.5. The second-order valence-electron chi connectivity index (χ2n) is 8.52. The number of nitrogens with two attached hydrogens (primary N) is 1. The number of halogens is 1. The van der Waals surface area contributed by atoms with Gasteiger partial charge < -0.3 is 25.4 Å². The second-order valence-corrected chi connectivity index (χ2v) is 8.93. The van der Waals surface area contributed by atoms with Gasteiger partial charge in [0.05, 0.1) is 10.9 Å². The van der Waals surface area contributed by atoms with Gasteiger partial charge in [-0.15, -0.1) is 0 Å². The van der Waals surface area contributed by atoms with Crippen LogP contribution in [0, 0.1) is 0 Å². The summed E-state index contributed by atoms with van der Waals surface area (Å²) in [5.74, 6) is 0.687. The number of pyridine rings is 1. The summed E-state index contributed by atoms with van der Waals surface area (Å²) in [6.07, 6.45) is 1.53. The predicted octanol–water partition coefficient (Wildman–Crippen LogP) is 3.73. The van der Waals surface area contributed by atoms with Crippen molar-refractivity contribution in [2.24, 2.45) is 7.05 Å². The lowest BCUT2D eigenvalue weighted by Crippen LogP contribution is -2.44. The number of rotatable bonds is 4. The molecule has 0 aliphatic carbocycles. The Hall–Kier alpha value is -3.62. The van der Waals surface area contributed by atoms with E-state index in [1.165, 1.54) is 11.9 Å². The summed E-state index contributed by atoms with van der Waals surface area (Å²) >= 11 is 6.34. The number of fused-ring (bicyclic) bond motifs is 1. The minimum atomic E-state index is -0.248. The van der Waals surface area contributed by atoms with Gasteiger partial charge in [0, 0.05) is 61.4 Å². The Kier molecular flexibility index (Phi) is 5.85. The first-order valence-corrected chi connectivity index (χ1v) is 11.5. The van der Waals surface area contributed by atoms with E-state index in [-0.39, 0.29) is 5.43 Å². The van der Waals surface area contributed by atoms with Gasteiger partial charge in [0.2, 0.25) is 11.4 Å². The van der Waals surface area contributed by atoms with E-state index in [0.717, 1.165) is 31.9 Å². The van der Waals surface area contributed by atoms with Crippen LogP contribution >= 0.6 is 11.6 Å². The maximum atomic E-state index is 13.3. The van der Waals surface area contributed by atoms with Crippen LogP contribution in [0.1, 0.15) is 0 Å². The number of likely N-dealkylation sites (N-methyl/N-ethyl adjacent to an activating group) is 1. The van der Waals surface area contributed by atoms with Gasteiger partial charge in [-0.05, 0) is 37.4 Å². The number of hydrogen-bond acceptors (Lipinski definition) is 7. The first-order valence-electron chi connectivity index (χ1n) is 11.1. The highest BCUT2D eigenvalue weighted by atomic mass is 35.5. The van der Waals surface area contributed by atoms with E-state index in [1.54, 1.807) is 23.7 Å². The van der Waals surface area contributed by atoms with Gasteiger partial charge >= 0.3 is 0 Å². The van der Waals surface area contributed by atoms with Crippen LogP contribution in [0.4, 0.5) is 23.1 Å². The minimum absolute atomic E-state index is 0.248. The molecule has 0 atom stereocenters. The van der Waals surface area contributed by atoms with Crippen molar-refractivity contribution >= 4 is 45.8 Å². The highest BCUT2D eigenvalue weighted by Gasteiger charge is 2.19. The van der Waals surface area contributed by atoms with Gasteiger partial charge in [-0.2, -0.15) is 4.98 Å². The van der Waals surface area contributed by atoms with Gasteiger partial charge in [-0.3, -0.25) is 4.79 Å². The molecule has 0 amide bonds. The molecule has 9 heteroatoms. The van der Waals surface area contributed by atoms with Crippen molar-refractivity contribution in [1.82, 2.24) is 19.4 Å². The molecule has 0 spiro atoms. The molecule has 0 radical (unpaired) electrons. The highest BCUT2D eigenvalue weighted by molar-refractivity contribution is 6.33. The Balaban J connectivity index is 1.45. The number of nitrogens with one attached hydrogen (secondary N) is 1. The zero-order valence-electron chi connectivity index (χ0n) is 19.1. The number of hydrogen-bond donors (Lipinski definition) is 2. The minimum Gasteiger partial charge on any atom is -0.384 e. The summed E-state index contributed by atoms with van der Waals surface area (Å²) in [6.45, 7) is 4.15. The summed E-state index contributed by atoms with van der Waals surface area (Å²) in [4.78, 5) is 27.0. The lowest BCUT2D eigenvalue weighted by atomic mass is 10.0. The van der Waals surface area contributed by atoms with E-state index in [0.29, 0.717) is 38.9 Å². The number of piperazine rings is 1. The Morgan fingerprint density at radius 1 is 1.00 bits per heavy atom. The van der Waals surface area contributed by atoms with Crippen molar-refractivity contribution in [1.29, 1.82) is 0 Å². The smallest absolute Gasteiger partial charge is 0.229 e. The molecule has 2 aromatic carbocycles. The van der Waals surface area contributed by atoms with Gasteiger partial charge in [-0.25, -0.2) is 4.98 Å². The first-order chi connectivity index (χ1) is 16.4. The molecule has 1 saturated heterocycles. The third kappa shape index (κ3) is 4.06. The van der Waals surface area contributed by atoms with Crippen molar-refractivity contribution in [3.63, 3.8) is 0 Å². The molecule has 1 fully saturated rings. The molecule has 0 saturated carbocycles. The van der Waals surface area contributed by atoms with Gasteiger partial charge in [-0.1, -0.05) is 29.8 Å². The zero-order chi connectivity index (χ0) is 23.8. The molecule has 34 heavy (non-hydrogen) atoms. The maximum Gasteiger partial charge on any atom is 0.229 e. The van der Waals surface area contributed by atoms with Crippen LogP contribution in [-0.4, -0.2) is 52.7 Å². The van der Waals surface area contributed by atoms with E-state index >= 15 is 0 Å². The van der Waals surface area contributed by atoms with E-state index in [2.05, 4.69) is 44.3 Å². The molecule has 1 aliphatic rings. The van der Waals surface area contributed by atoms with Crippen molar-refractivity contribution in [3.05, 3.63) is 70.0 Å². The molecular formula is C25H26ClN7O. The number of aromatic nitrogens is 3. The Morgan fingerprint density at radius 2 is 1.71 bits per heavy atom. The second kappa shape index (κ2) is 8.96. The molecule has 174 valence electrons. The lowest BCUT2D eigenvalue weighted by Gasteiger charge is -2.34. The molecule has 3 heterocycles. The Morgan fingerprint density at radius 3 is 2.41 bits per heavy atom. The summed E-state index contributed by atoms with van der Waals surface area (Å²) < 4.78 is 1.69. The zero-order valence-corrected chi connectivity index (χ0v) is 19.9. The van der Waals surface area contributed by atoms with Crippen LogP contribution in [-0.2, 0) is 7.05 Å². The number of aryl methyl sites for hydroxylation is 1. The standard InChI is InChI=1S/C25H26ClN7O/c1-31-11-13-33(14-12-31)17-9-7-16(8-10-17)29-25-28-15-19-22(34)21(18-5-3-4-6-20(18)26)23(27)32(2)24(19)30-25/h3-10,15H,11-14,27H2,1-2H3,(H,28,29,30). The quantitative estimate of drug-likeness (QED) is 0.464. The Labute approximate surface area is 202 Å². The van der Waals surface area contributed by atoms with Crippen LogP contribution in [0.15, 0.2) is 59.5 Å². The average Bonchev–Trinajstić information content (AvgIpc) is 2.85. The number of nitrogens with zero attached hydrogens (tertiary/aromatic N) is 5. The average molecular weight is 476 g/mol. The molecule has 0 unspecified atom stereocenters. The first kappa shape index (κ1) is 22.2. The van der Waals surface area contributed by atoms with Crippen molar-refractivity contribution in [3.8, 4) is 11.1 Å². The fourth-order valence-electron chi connectivity index (χ4n) is 4.26. The third-order valence-corrected chi connectivity index (χ3v) is 6.64. The number of nitrogen functional groups attached to an aromatic ring is 1. The molecule has 0 bridgehead atoms. The lowest BCUT2D eigenvalue weighted by molar-refractivity contribution is 0.313. The van der Waals surface area contributed by atoms with E-state index in [1.807, 2.05) is 24.3 Å². The number of benzene rings is 2. The van der Waals surface area contributed by atoms with Crippen LogP contribution in [0.5, 0.6) is 0 Å². The summed E-state index contributed by atoms with van der Waals surface area (Å²) in [5.41, 5.74) is 9.57. The largest absolute Gasteiger partial charge is 0.384 e. The molecular weight excluding hydrogens is 450 g/mol. The summed E-state index contributed by atoms with van der Waals surface area (Å²) in [5, 5.41) is 4.07. The van der Waals surface area contributed by atoms with Gasteiger partial charge in [0.25, 0.3) is 0 Å². The highest BCUT2D eigenvalue weighted by Crippen LogP contribution is 2.31. The fraction of sp³-hybridized carbons (Fsp3) is 0.240. The monoisotopic (exact) mass is 475 g/mol. The predicted molar refractivity (Wildman–Crippen MR) is 139 cm³/mol. The summed E-state index contributed by atoms with van der Waals surface area (Å²) in [6, 6.07) is 15.4. The Bertz CT molecular complexity index is 1410. The van der Waals surface area contributed by atoms with Crippen molar-refractivity contribution in [2.75, 3.05) is 49.2 Å². The van der Waals surface area contributed by atoms with Crippen LogP contribution in [0.25, 0.3) is 22.2 Å². The fourth-order valence-corrected chi connectivity index (χ4v) is 4.49. The third-order valence-electron chi connectivity index (χ3n) is 6.31. The van der Waals surface area contributed by atoms with Gasteiger partial charge in [0.1, 0.15) is 5.82 Å². The molecule has 3 N–H and O–H groups in total. The molecule has 2 aromatic heterocycles. The summed E-state index contributed by atoms with van der Waals surface area (Å²) in [7, 11) is 3.92. The SMILES string of the molecule is CN1CCN(c2ccc(Nc3ncc4c(=O)c(-c5ccccc5Cl)c(N)n(C)c4n3)cc2)CC1. The van der Waals surface area contributed by atoms with Gasteiger partial charge in [0.15, 0.2) is 5.65 Å². The van der Waals surface area contributed by atoms with Crippen LogP contribution in [0.2, 0.25) is 5.02 Å². The maximum absolute atomic E-state index is 13.3. The van der Waals surface area contributed by atoms with E-state index < -0.39 is 0 Å². The van der Waals surface area contributed by atoms with E-state index in [4.69, 9.17) is 17.3 Å². The molecule has 4 aromatic rings. The number of anilines is 4. The van der Waals surface area contributed by atoms with Crippen LogP contribution in [0.3, 0.4) is 0 Å². The molecule has 1 aliphatic heterocycles. The molecule has 8 nitrogen and oxygen atoms in total. The van der Waals surface area contributed by atoms with E-state index in [9.17, 15) is 4.79 Å². The van der Waals surface area contributed by atoms with Crippen molar-refractivity contribution < 1.29 is 0 Å². The molecule has 5 rings (SSSR count). The van der Waals surface area contributed by atoms with Crippen LogP contribution < -0.4 is 21.4 Å². The van der Waals surface area contributed by atoms with Crippen molar-refractivity contribution in [2.45, 2.75) is 0 Å².